The molecule has 0 aromatic heterocycles. The Morgan fingerprint density at radius 1 is 1.40 bits per heavy atom. The van der Waals surface area contributed by atoms with Crippen molar-refractivity contribution < 1.29 is 4.74 Å². The van der Waals surface area contributed by atoms with Gasteiger partial charge >= 0.3 is 0 Å². The first kappa shape index (κ1) is 11.6. The third kappa shape index (κ3) is 2.99. The summed E-state index contributed by atoms with van der Waals surface area (Å²) < 4.78 is 5.27. The van der Waals surface area contributed by atoms with E-state index in [2.05, 4.69) is 32.0 Å². The zero-order chi connectivity index (χ0) is 11.3. The van der Waals surface area contributed by atoms with Gasteiger partial charge in [-0.1, -0.05) is 26.0 Å². The minimum atomic E-state index is 0.511. The Labute approximate surface area is 91.5 Å². The van der Waals surface area contributed by atoms with Gasteiger partial charge in [0.25, 0.3) is 0 Å². The lowest BCUT2D eigenvalue weighted by Gasteiger charge is -2.11. The molecule has 0 N–H and O–H groups in total. The van der Waals surface area contributed by atoms with E-state index in [0.717, 1.165) is 17.7 Å². The topological polar surface area (TPSA) is 33.0 Å². The van der Waals surface area contributed by atoms with Crippen molar-refractivity contribution in [2.24, 2.45) is 0 Å². The fourth-order valence-corrected chi connectivity index (χ4v) is 1.54. The highest BCUT2D eigenvalue weighted by molar-refractivity contribution is 5.38. The lowest BCUT2D eigenvalue weighted by Crippen LogP contribution is -1.95. The fraction of sp³-hybridized carbons (Fsp3) is 0.462. The van der Waals surface area contributed by atoms with Gasteiger partial charge in [-0.2, -0.15) is 5.26 Å². The quantitative estimate of drug-likeness (QED) is 0.752. The summed E-state index contributed by atoms with van der Waals surface area (Å²) in [5.41, 5.74) is 2.42. The molecule has 0 saturated carbocycles. The smallest absolute Gasteiger partial charge is 0.122 e. The number of nitrogens with zero attached hydrogens (tertiary/aromatic N) is 1. The van der Waals surface area contributed by atoms with Gasteiger partial charge in [0.05, 0.1) is 13.2 Å². The van der Waals surface area contributed by atoms with E-state index in [1.807, 2.05) is 6.07 Å². The number of ether oxygens (including phenoxy) is 1. The molecule has 0 heterocycles. The summed E-state index contributed by atoms with van der Waals surface area (Å²) >= 11 is 0. The summed E-state index contributed by atoms with van der Waals surface area (Å²) in [4.78, 5) is 0. The van der Waals surface area contributed by atoms with Crippen molar-refractivity contribution in [1.29, 1.82) is 5.26 Å². The number of hydrogen-bond donors (Lipinski definition) is 0. The van der Waals surface area contributed by atoms with Crippen LogP contribution in [-0.2, 0) is 6.42 Å². The number of aryl methyl sites for hydroxylation is 1. The summed E-state index contributed by atoms with van der Waals surface area (Å²) in [5, 5.41) is 8.58. The molecule has 1 aromatic carbocycles. The van der Waals surface area contributed by atoms with Crippen LogP contribution in [0.4, 0.5) is 0 Å². The van der Waals surface area contributed by atoms with Crippen molar-refractivity contribution in [2.75, 3.05) is 7.11 Å². The molecule has 1 rings (SSSR count). The molecule has 0 amide bonds. The van der Waals surface area contributed by atoms with E-state index in [4.69, 9.17) is 10.00 Å². The molecular weight excluding hydrogens is 186 g/mol. The molecule has 0 spiro atoms. The maximum atomic E-state index is 8.58. The predicted molar refractivity (Wildman–Crippen MR) is 61.0 cm³/mol. The average Bonchev–Trinajstić information content (AvgIpc) is 2.25. The van der Waals surface area contributed by atoms with E-state index >= 15 is 0 Å². The van der Waals surface area contributed by atoms with Crippen molar-refractivity contribution in [3.8, 4) is 11.8 Å². The van der Waals surface area contributed by atoms with Crippen LogP contribution in [0.1, 0.15) is 37.3 Å². The Kier molecular flexibility index (Phi) is 4.17. The highest BCUT2D eigenvalue weighted by Crippen LogP contribution is 2.25. The second kappa shape index (κ2) is 5.41. The van der Waals surface area contributed by atoms with Crippen molar-refractivity contribution in [3.63, 3.8) is 0 Å². The van der Waals surface area contributed by atoms with Crippen LogP contribution in [-0.4, -0.2) is 7.11 Å². The maximum absolute atomic E-state index is 8.58. The van der Waals surface area contributed by atoms with E-state index < -0.39 is 0 Å². The molecule has 1 aromatic rings. The predicted octanol–water partition coefficient (Wildman–Crippen LogP) is 3.27. The van der Waals surface area contributed by atoms with Gasteiger partial charge in [0.2, 0.25) is 0 Å². The summed E-state index contributed by atoms with van der Waals surface area (Å²) in [7, 11) is 1.67. The van der Waals surface area contributed by atoms with Crippen LogP contribution in [0.15, 0.2) is 18.2 Å². The molecule has 2 heteroatoms. The average molecular weight is 203 g/mol. The molecule has 2 nitrogen and oxygen atoms in total. The first-order chi connectivity index (χ1) is 7.19. The van der Waals surface area contributed by atoms with E-state index in [1.165, 1.54) is 5.56 Å². The molecule has 0 unspecified atom stereocenters. The van der Waals surface area contributed by atoms with Gasteiger partial charge in [-0.15, -0.1) is 0 Å². The van der Waals surface area contributed by atoms with Crippen LogP contribution in [0.25, 0.3) is 0 Å². The van der Waals surface area contributed by atoms with Crippen molar-refractivity contribution >= 4 is 0 Å². The Morgan fingerprint density at radius 3 is 2.67 bits per heavy atom. The van der Waals surface area contributed by atoms with Crippen LogP contribution >= 0.6 is 0 Å². The summed E-state index contributed by atoms with van der Waals surface area (Å²) in [6.45, 7) is 4.33. The monoisotopic (exact) mass is 203 g/mol. The minimum Gasteiger partial charge on any atom is -0.496 e. The van der Waals surface area contributed by atoms with Crippen molar-refractivity contribution in [3.05, 3.63) is 29.3 Å². The Hall–Kier alpha value is -1.49. The van der Waals surface area contributed by atoms with Gasteiger partial charge < -0.3 is 4.74 Å². The van der Waals surface area contributed by atoms with Gasteiger partial charge in [0, 0.05) is 6.42 Å². The molecule has 0 aliphatic heterocycles. The molecule has 0 aliphatic carbocycles. The molecule has 15 heavy (non-hydrogen) atoms. The lowest BCUT2D eigenvalue weighted by molar-refractivity contribution is 0.409. The van der Waals surface area contributed by atoms with Crippen LogP contribution < -0.4 is 4.74 Å². The van der Waals surface area contributed by atoms with Gasteiger partial charge in [0.15, 0.2) is 0 Å². The van der Waals surface area contributed by atoms with Gasteiger partial charge in [-0.25, -0.2) is 0 Å². The van der Waals surface area contributed by atoms with Gasteiger partial charge in [-0.05, 0) is 29.5 Å². The lowest BCUT2D eigenvalue weighted by atomic mass is 9.98. The second-order valence-electron chi connectivity index (χ2n) is 3.88. The number of methoxy groups -OCH3 is 1. The normalized spacial score (nSPS) is 10.1. The Morgan fingerprint density at radius 2 is 2.13 bits per heavy atom. The van der Waals surface area contributed by atoms with Crippen molar-refractivity contribution in [1.82, 2.24) is 0 Å². The fourth-order valence-electron chi connectivity index (χ4n) is 1.54. The molecule has 0 radical (unpaired) electrons. The third-order valence-electron chi connectivity index (χ3n) is 2.48. The summed E-state index contributed by atoms with van der Waals surface area (Å²) in [6.07, 6.45) is 1.30. The molecule has 0 aliphatic rings. The van der Waals surface area contributed by atoms with Gasteiger partial charge in [0.1, 0.15) is 5.75 Å². The first-order valence-corrected chi connectivity index (χ1v) is 5.22. The van der Waals surface area contributed by atoms with E-state index in [0.29, 0.717) is 12.3 Å². The van der Waals surface area contributed by atoms with Gasteiger partial charge in [-0.3, -0.25) is 0 Å². The molecule has 80 valence electrons. The number of benzene rings is 1. The minimum absolute atomic E-state index is 0.511. The zero-order valence-corrected chi connectivity index (χ0v) is 9.58. The molecule has 0 atom stereocenters. The number of hydrogen-bond acceptors (Lipinski definition) is 2. The van der Waals surface area contributed by atoms with Crippen LogP contribution in [0, 0.1) is 11.3 Å². The summed E-state index contributed by atoms with van der Waals surface area (Å²) in [5.74, 6) is 1.39. The van der Waals surface area contributed by atoms with Crippen LogP contribution in [0.2, 0.25) is 0 Å². The van der Waals surface area contributed by atoms with E-state index in [1.54, 1.807) is 7.11 Å². The molecule has 0 fully saturated rings. The van der Waals surface area contributed by atoms with E-state index in [-0.39, 0.29) is 0 Å². The molecule has 0 bridgehead atoms. The Balaban J connectivity index is 2.97. The highest BCUT2D eigenvalue weighted by Gasteiger charge is 2.06. The SMILES string of the molecule is COc1ccc(C(C)C)cc1CCC#N. The second-order valence-corrected chi connectivity index (χ2v) is 3.88. The molecular formula is C13H17NO. The number of nitriles is 1. The third-order valence-corrected chi connectivity index (χ3v) is 2.48. The summed E-state index contributed by atoms with van der Waals surface area (Å²) in [6, 6.07) is 8.37. The first-order valence-electron chi connectivity index (χ1n) is 5.22. The standard InChI is InChI=1S/C13H17NO/c1-10(2)11-6-7-13(15-3)12(9-11)5-4-8-14/h6-7,9-10H,4-5H2,1-3H3. The van der Waals surface area contributed by atoms with Crippen molar-refractivity contribution in [2.45, 2.75) is 32.6 Å². The largest absolute Gasteiger partial charge is 0.496 e. The Bertz CT molecular complexity index is 363. The maximum Gasteiger partial charge on any atom is 0.122 e. The number of rotatable bonds is 4. The van der Waals surface area contributed by atoms with Crippen LogP contribution in [0.3, 0.4) is 0 Å². The van der Waals surface area contributed by atoms with Crippen LogP contribution in [0.5, 0.6) is 5.75 Å². The van der Waals surface area contributed by atoms with E-state index in [9.17, 15) is 0 Å². The highest BCUT2D eigenvalue weighted by atomic mass is 16.5. The molecule has 0 saturated heterocycles. The zero-order valence-electron chi connectivity index (χ0n) is 9.58.